The van der Waals surface area contributed by atoms with Crippen molar-refractivity contribution in [3.63, 3.8) is 0 Å². The number of hydrogen-bond donors (Lipinski definition) is 1. The smallest absolute Gasteiger partial charge is 0.335 e. The molecule has 0 atom stereocenters. The van der Waals surface area contributed by atoms with Gasteiger partial charge >= 0.3 is 6.03 Å². The van der Waals surface area contributed by atoms with Crippen LogP contribution in [0.5, 0.6) is 11.5 Å². The molecule has 1 fully saturated rings. The predicted octanol–water partition coefficient (Wildman–Crippen LogP) is 5.23. The van der Waals surface area contributed by atoms with Gasteiger partial charge in [-0.05, 0) is 70.4 Å². The first-order valence-corrected chi connectivity index (χ1v) is 11.4. The molecule has 8 heteroatoms. The zero-order chi connectivity index (χ0) is 25.9. The molecule has 0 bridgehead atoms. The second kappa shape index (κ2) is 9.94. The lowest BCUT2D eigenvalue weighted by Gasteiger charge is -2.26. The van der Waals surface area contributed by atoms with E-state index in [-0.39, 0.29) is 11.3 Å². The van der Waals surface area contributed by atoms with Crippen LogP contribution in [-0.4, -0.2) is 25.0 Å². The highest BCUT2D eigenvalue weighted by Gasteiger charge is 2.36. The Labute approximate surface area is 211 Å². The van der Waals surface area contributed by atoms with Gasteiger partial charge in [-0.2, -0.15) is 0 Å². The third-order valence-corrected chi connectivity index (χ3v) is 5.89. The van der Waals surface area contributed by atoms with Crippen LogP contribution in [0.4, 0.5) is 14.9 Å². The van der Waals surface area contributed by atoms with Gasteiger partial charge in [-0.1, -0.05) is 42.5 Å². The summed E-state index contributed by atoms with van der Waals surface area (Å²) in [5, 5.41) is 4.40. The molecule has 1 saturated heterocycles. The second-order valence-electron chi connectivity index (χ2n) is 8.31. The average molecular weight is 496 g/mol. The first-order chi connectivity index (χ1) is 17.9. The minimum atomic E-state index is -0.909. The summed E-state index contributed by atoms with van der Waals surface area (Å²) in [6, 6.07) is 23.0. The summed E-state index contributed by atoms with van der Waals surface area (Å²) in [6.07, 6.45) is 1.36. The first-order valence-electron chi connectivity index (χ1n) is 11.4. The fourth-order valence-electron chi connectivity index (χ4n) is 4.03. The SMILES string of the molecule is COc1cc(/C=C2\C(=O)NC(=O)N(c3ccc(F)cc3)C2=O)ccc1OCc1ccc2ccccc2c1. The zero-order valence-corrected chi connectivity index (χ0v) is 19.7. The Hall–Kier alpha value is -4.98. The molecule has 37 heavy (non-hydrogen) atoms. The summed E-state index contributed by atoms with van der Waals surface area (Å²) in [6.45, 7) is 0.317. The largest absolute Gasteiger partial charge is 0.493 e. The predicted molar refractivity (Wildman–Crippen MR) is 137 cm³/mol. The van der Waals surface area contributed by atoms with Crippen LogP contribution in [-0.2, 0) is 16.2 Å². The Kier molecular flexibility index (Phi) is 6.38. The molecule has 5 rings (SSSR count). The molecule has 7 nitrogen and oxygen atoms in total. The van der Waals surface area contributed by atoms with Gasteiger partial charge in [0.2, 0.25) is 0 Å². The van der Waals surface area contributed by atoms with Gasteiger partial charge in [-0.3, -0.25) is 14.9 Å². The number of benzene rings is 4. The number of barbiturate groups is 1. The molecule has 0 saturated carbocycles. The molecule has 1 aliphatic heterocycles. The quantitative estimate of drug-likeness (QED) is 0.292. The van der Waals surface area contributed by atoms with Gasteiger partial charge in [0, 0.05) is 0 Å². The molecule has 0 spiro atoms. The number of halogens is 1. The van der Waals surface area contributed by atoms with E-state index in [2.05, 4.69) is 11.4 Å². The van der Waals surface area contributed by atoms with Crippen molar-refractivity contribution in [2.45, 2.75) is 6.61 Å². The number of anilines is 1. The number of fused-ring (bicyclic) bond motifs is 1. The summed E-state index contributed by atoms with van der Waals surface area (Å²) < 4.78 is 24.7. The molecular weight excluding hydrogens is 475 g/mol. The number of ether oxygens (including phenoxy) is 2. The number of imide groups is 2. The monoisotopic (exact) mass is 496 g/mol. The number of rotatable bonds is 6. The lowest BCUT2D eigenvalue weighted by molar-refractivity contribution is -0.122. The van der Waals surface area contributed by atoms with Crippen LogP contribution in [0, 0.1) is 5.82 Å². The summed E-state index contributed by atoms with van der Waals surface area (Å²) in [5.74, 6) is -1.28. The molecule has 4 amide bonds. The van der Waals surface area contributed by atoms with Crippen LogP contribution in [0.1, 0.15) is 11.1 Å². The maximum Gasteiger partial charge on any atom is 0.335 e. The molecular formula is C29H21FN2O5. The van der Waals surface area contributed by atoms with E-state index >= 15 is 0 Å². The number of urea groups is 1. The van der Waals surface area contributed by atoms with Crippen LogP contribution in [0.15, 0.2) is 90.5 Å². The van der Waals surface area contributed by atoms with Gasteiger partial charge in [-0.25, -0.2) is 14.1 Å². The lowest BCUT2D eigenvalue weighted by Crippen LogP contribution is -2.54. The molecule has 0 unspecified atom stereocenters. The molecule has 0 aromatic heterocycles. The van der Waals surface area contributed by atoms with Crippen molar-refractivity contribution in [1.82, 2.24) is 5.32 Å². The molecule has 1 N–H and O–H groups in total. The van der Waals surface area contributed by atoms with E-state index in [9.17, 15) is 18.8 Å². The van der Waals surface area contributed by atoms with Gasteiger partial charge in [0.1, 0.15) is 18.0 Å². The molecule has 184 valence electrons. The van der Waals surface area contributed by atoms with E-state index in [0.717, 1.165) is 33.4 Å². The Balaban J connectivity index is 1.38. The highest BCUT2D eigenvalue weighted by molar-refractivity contribution is 6.39. The van der Waals surface area contributed by atoms with Crippen molar-refractivity contribution in [3.05, 3.63) is 107 Å². The number of methoxy groups -OCH3 is 1. The maximum atomic E-state index is 13.3. The van der Waals surface area contributed by atoms with Crippen LogP contribution in [0.2, 0.25) is 0 Å². The first kappa shape index (κ1) is 23.7. The molecule has 1 aliphatic rings. The number of carbonyl (C=O) groups is 3. The summed E-state index contributed by atoms with van der Waals surface area (Å²) in [5.41, 5.74) is 1.36. The Morgan fingerprint density at radius 1 is 0.865 bits per heavy atom. The molecule has 0 radical (unpaired) electrons. The van der Waals surface area contributed by atoms with Crippen molar-refractivity contribution >= 4 is 40.4 Å². The molecule has 4 aromatic rings. The summed E-state index contributed by atoms with van der Waals surface area (Å²) in [7, 11) is 1.49. The minimum Gasteiger partial charge on any atom is -0.493 e. The van der Waals surface area contributed by atoms with Crippen molar-refractivity contribution in [1.29, 1.82) is 0 Å². The van der Waals surface area contributed by atoms with Crippen molar-refractivity contribution in [2.24, 2.45) is 0 Å². The Morgan fingerprint density at radius 3 is 2.38 bits per heavy atom. The van der Waals surface area contributed by atoms with E-state index in [4.69, 9.17) is 9.47 Å². The van der Waals surface area contributed by atoms with Crippen molar-refractivity contribution in [2.75, 3.05) is 12.0 Å². The standard InChI is InChI=1S/C29H21FN2O5/c1-36-26-16-18(7-13-25(26)37-17-19-6-8-20-4-2-3-5-21(20)14-19)15-24-27(33)31-29(35)32(28(24)34)23-11-9-22(30)10-12-23/h2-16H,17H2,1H3,(H,31,33,35)/b24-15+. The Bertz CT molecular complexity index is 1560. The van der Waals surface area contributed by atoms with Crippen LogP contribution in [0.25, 0.3) is 16.8 Å². The van der Waals surface area contributed by atoms with Gasteiger partial charge in [0.25, 0.3) is 11.8 Å². The van der Waals surface area contributed by atoms with Gasteiger partial charge in [-0.15, -0.1) is 0 Å². The van der Waals surface area contributed by atoms with E-state index in [1.165, 1.54) is 25.3 Å². The van der Waals surface area contributed by atoms with E-state index in [0.29, 0.717) is 23.7 Å². The molecule has 0 aliphatic carbocycles. The fraction of sp³-hybridized carbons (Fsp3) is 0.0690. The van der Waals surface area contributed by atoms with Crippen LogP contribution < -0.4 is 19.7 Å². The summed E-state index contributed by atoms with van der Waals surface area (Å²) in [4.78, 5) is 38.6. The van der Waals surface area contributed by atoms with E-state index in [1.54, 1.807) is 18.2 Å². The highest BCUT2D eigenvalue weighted by atomic mass is 19.1. The lowest BCUT2D eigenvalue weighted by atomic mass is 10.1. The number of hydrogen-bond acceptors (Lipinski definition) is 5. The van der Waals surface area contributed by atoms with Crippen molar-refractivity contribution < 1.29 is 28.2 Å². The zero-order valence-electron chi connectivity index (χ0n) is 19.7. The average Bonchev–Trinajstić information content (AvgIpc) is 2.91. The minimum absolute atomic E-state index is 0.136. The number of amides is 4. The summed E-state index contributed by atoms with van der Waals surface area (Å²) >= 11 is 0. The van der Waals surface area contributed by atoms with E-state index < -0.39 is 23.7 Å². The van der Waals surface area contributed by atoms with Gasteiger partial charge in [0.05, 0.1) is 12.8 Å². The maximum absolute atomic E-state index is 13.3. The highest BCUT2D eigenvalue weighted by Crippen LogP contribution is 2.31. The Morgan fingerprint density at radius 2 is 1.62 bits per heavy atom. The van der Waals surface area contributed by atoms with Gasteiger partial charge in [0.15, 0.2) is 11.5 Å². The normalized spacial score (nSPS) is 14.7. The second-order valence-corrected chi connectivity index (χ2v) is 8.31. The number of carbonyl (C=O) groups excluding carboxylic acids is 3. The van der Waals surface area contributed by atoms with E-state index in [1.807, 2.05) is 36.4 Å². The molecule has 4 aromatic carbocycles. The molecule has 1 heterocycles. The van der Waals surface area contributed by atoms with Gasteiger partial charge < -0.3 is 9.47 Å². The fourth-order valence-corrected chi connectivity index (χ4v) is 4.03. The van der Waals surface area contributed by atoms with Crippen LogP contribution in [0.3, 0.4) is 0 Å². The third-order valence-electron chi connectivity index (χ3n) is 5.89. The number of nitrogens with zero attached hydrogens (tertiary/aromatic N) is 1. The number of nitrogens with one attached hydrogen (secondary N) is 1. The van der Waals surface area contributed by atoms with Crippen LogP contribution >= 0.6 is 0 Å². The third kappa shape index (κ3) is 4.90. The van der Waals surface area contributed by atoms with Crippen molar-refractivity contribution in [3.8, 4) is 11.5 Å². The topological polar surface area (TPSA) is 84.9 Å².